The van der Waals surface area contributed by atoms with Gasteiger partial charge in [-0.25, -0.2) is 0 Å². The van der Waals surface area contributed by atoms with Gasteiger partial charge < -0.3 is 4.74 Å². The first-order valence-corrected chi connectivity index (χ1v) is 9.57. The Bertz CT molecular complexity index is 427. The summed E-state index contributed by atoms with van der Waals surface area (Å²) in [5.74, 6) is 1.04. The Morgan fingerprint density at radius 3 is 2.62 bits per heavy atom. The van der Waals surface area contributed by atoms with E-state index in [4.69, 9.17) is 4.74 Å². The quantitative estimate of drug-likeness (QED) is 0.716. The van der Waals surface area contributed by atoms with Gasteiger partial charge in [-0.2, -0.15) is 0 Å². The second-order valence-electron chi connectivity index (χ2n) is 5.67. The molecule has 0 atom stereocenters. The summed E-state index contributed by atoms with van der Waals surface area (Å²) >= 11 is 0. The summed E-state index contributed by atoms with van der Waals surface area (Å²) in [6.07, 6.45) is 3.46. The minimum absolute atomic E-state index is 1.04. The van der Waals surface area contributed by atoms with Crippen molar-refractivity contribution in [3.63, 3.8) is 0 Å². The molecule has 1 aromatic carbocycles. The summed E-state index contributed by atoms with van der Waals surface area (Å²) in [5, 5.41) is 0. The van der Waals surface area contributed by atoms with E-state index < -0.39 is 8.07 Å². The highest BCUT2D eigenvalue weighted by atomic mass is 28.3. The zero-order valence-electron chi connectivity index (χ0n) is 10.6. The number of benzene rings is 1. The Morgan fingerprint density at radius 2 is 2.00 bits per heavy atom. The van der Waals surface area contributed by atoms with E-state index in [1.807, 2.05) is 0 Å². The predicted octanol–water partition coefficient (Wildman–Crippen LogP) is 3.97. The Morgan fingerprint density at radius 1 is 1.25 bits per heavy atom. The maximum atomic E-state index is 5.48. The predicted molar refractivity (Wildman–Crippen MR) is 72.8 cm³/mol. The van der Waals surface area contributed by atoms with Crippen LogP contribution < -0.4 is 4.74 Å². The molecule has 0 radical (unpaired) electrons. The number of fused-ring (bicyclic) bond motifs is 1. The van der Waals surface area contributed by atoms with Crippen molar-refractivity contribution in [1.82, 2.24) is 0 Å². The van der Waals surface area contributed by atoms with Gasteiger partial charge in [-0.05, 0) is 29.7 Å². The molecule has 0 fully saturated rings. The lowest BCUT2D eigenvalue weighted by atomic mass is 10.1. The average molecular weight is 232 g/mol. The summed E-state index contributed by atoms with van der Waals surface area (Å²) in [7, 11) is 0.714. The summed E-state index contributed by atoms with van der Waals surface area (Å²) in [4.78, 5) is 0. The molecule has 2 heteroatoms. The lowest BCUT2D eigenvalue weighted by molar-refractivity contribution is 0.413. The van der Waals surface area contributed by atoms with Gasteiger partial charge >= 0.3 is 0 Å². The number of hydrogen-bond acceptors (Lipinski definition) is 1. The van der Waals surface area contributed by atoms with Gasteiger partial charge in [0.15, 0.2) is 0 Å². The van der Waals surface area contributed by atoms with Gasteiger partial charge in [-0.15, -0.1) is 0 Å². The molecule has 86 valence electrons. The van der Waals surface area contributed by atoms with Crippen LogP contribution in [0.4, 0.5) is 0 Å². The van der Waals surface area contributed by atoms with Gasteiger partial charge in [0.2, 0.25) is 0 Å². The molecule has 0 saturated carbocycles. The number of methoxy groups -OCH3 is 1. The molecule has 0 aliphatic heterocycles. The minimum atomic E-state index is -1.05. The summed E-state index contributed by atoms with van der Waals surface area (Å²) < 4.78 is 5.48. The molecule has 0 N–H and O–H groups in total. The van der Waals surface area contributed by atoms with Crippen LogP contribution in [0.2, 0.25) is 25.7 Å². The molecular formula is C14H20OSi. The smallest absolute Gasteiger partial charge is 0.126 e. The lowest BCUT2D eigenvalue weighted by Gasteiger charge is -2.19. The normalized spacial score (nSPS) is 14.6. The van der Waals surface area contributed by atoms with Crippen LogP contribution in [0.15, 0.2) is 24.3 Å². The lowest BCUT2D eigenvalue weighted by Crippen LogP contribution is -2.19. The van der Waals surface area contributed by atoms with Crippen LogP contribution in [-0.2, 0) is 6.42 Å². The van der Waals surface area contributed by atoms with Gasteiger partial charge in [0.25, 0.3) is 0 Å². The van der Waals surface area contributed by atoms with Crippen LogP contribution in [0.3, 0.4) is 0 Å². The molecule has 0 bridgehead atoms. The van der Waals surface area contributed by atoms with E-state index in [9.17, 15) is 0 Å². The van der Waals surface area contributed by atoms with Gasteiger partial charge in [-0.1, -0.05) is 37.8 Å². The molecule has 0 spiro atoms. The topological polar surface area (TPSA) is 9.23 Å². The molecule has 0 heterocycles. The van der Waals surface area contributed by atoms with Crippen molar-refractivity contribution in [3.05, 3.63) is 35.4 Å². The highest BCUT2D eigenvalue weighted by molar-refractivity contribution is 6.77. The van der Waals surface area contributed by atoms with Crippen molar-refractivity contribution in [1.29, 1.82) is 0 Å². The molecule has 1 aliphatic carbocycles. The Labute approximate surface area is 99.2 Å². The Kier molecular flexibility index (Phi) is 2.93. The van der Waals surface area contributed by atoms with Crippen molar-refractivity contribution in [2.24, 2.45) is 0 Å². The second kappa shape index (κ2) is 4.09. The van der Waals surface area contributed by atoms with Crippen LogP contribution >= 0.6 is 0 Å². The maximum Gasteiger partial charge on any atom is 0.126 e. The van der Waals surface area contributed by atoms with Crippen molar-refractivity contribution in [3.8, 4) is 5.75 Å². The average Bonchev–Trinajstić information content (AvgIpc) is 2.59. The molecule has 0 saturated heterocycles. The number of allylic oxidation sites excluding steroid dienone is 2. The van der Waals surface area contributed by atoms with E-state index in [0.717, 1.165) is 12.2 Å². The van der Waals surface area contributed by atoms with Crippen LogP contribution in [0.5, 0.6) is 5.75 Å². The fraction of sp³-hybridized carbons (Fsp3) is 0.429. The molecule has 1 nitrogen and oxygen atoms in total. The fourth-order valence-electron chi connectivity index (χ4n) is 2.35. The van der Waals surface area contributed by atoms with E-state index in [0.29, 0.717) is 0 Å². The summed E-state index contributed by atoms with van der Waals surface area (Å²) in [6.45, 7) is 7.25. The fourth-order valence-corrected chi connectivity index (χ4v) is 3.81. The molecule has 1 aromatic rings. The number of hydrogen-bond donors (Lipinski definition) is 0. The maximum absolute atomic E-state index is 5.48. The first-order chi connectivity index (χ1) is 7.51. The van der Waals surface area contributed by atoms with Crippen molar-refractivity contribution >= 4 is 13.6 Å². The monoisotopic (exact) mass is 232 g/mol. The van der Waals surface area contributed by atoms with Gasteiger partial charge in [0.1, 0.15) is 5.75 Å². The van der Waals surface area contributed by atoms with E-state index in [1.54, 1.807) is 7.11 Å². The van der Waals surface area contributed by atoms with Crippen molar-refractivity contribution in [2.45, 2.75) is 32.1 Å². The van der Waals surface area contributed by atoms with Crippen molar-refractivity contribution < 1.29 is 4.74 Å². The molecule has 1 aliphatic rings. The Hall–Kier alpha value is -1.02. The second-order valence-corrected chi connectivity index (χ2v) is 11.1. The molecule has 0 aromatic heterocycles. The Balaban J connectivity index is 2.36. The van der Waals surface area contributed by atoms with E-state index in [2.05, 4.69) is 43.9 Å². The highest BCUT2D eigenvalue weighted by Gasteiger charge is 2.23. The zero-order chi connectivity index (χ0) is 11.8. The first-order valence-electron chi connectivity index (χ1n) is 5.86. The number of rotatable bonds is 3. The summed E-state index contributed by atoms with van der Waals surface area (Å²) in [5.41, 5.74) is 4.30. The van der Waals surface area contributed by atoms with Crippen LogP contribution in [-0.4, -0.2) is 15.2 Å². The third-order valence-corrected chi connectivity index (χ3v) is 4.38. The molecular weight excluding hydrogens is 212 g/mol. The third-order valence-electron chi connectivity index (χ3n) is 2.94. The molecule has 0 unspecified atom stereocenters. The molecule has 0 amide bonds. The zero-order valence-corrected chi connectivity index (χ0v) is 11.6. The van der Waals surface area contributed by atoms with Gasteiger partial charge in [0, 0.05) is 13.6 Å². The largest absolute Gasteiger partial charge is 0.496 e. The number of ether oxygens (including phenoxy) is 1. The van der Waals surface area contributed by atoms with Gasteiger partial charge in [0.05, 0.1) is 7.11 Å². The van der Waals surface area contributed by atoms with Crippen LogP contribution in [0.25, 0.3) is 5.57 Å². The minimum Gasteiger partial charge on any atom is -0.496 e. The SMILES string of the molecule is COc1cccc2c1C(C[Si](C)(C)C)=CC2. The van der Waals surface area contributed by atoms with Crippen LogP contribution in [0, 0.1) is 0 Å². The van der Waals surface area contributed by atoms with Crippen molar-refractivity contribution in [2.75, 3.05) is 7.11 Å². The molecule has 16 heavy (non-hydrogen) atoms. The van der Waals surface area contributed by atoms with E-state index in [1.165, 1.54) is 22.7 Å². The highest BCUT2D eigenvalue weighted by Crippen LogP contribution is 2.39. The first kappa shape index (κ1) is 11.5. The van der Waals surface area contributed by atoms with E-state index in [-0.39, 0.29) is 0 Å². The molecule has 2 rings (SSSR count). The standard InChI is InChI=1S/C14H20OSi/c1-15-13-7-5-6-11-8-9-12(14(11)13)10-16(2,3)4/h5-7,9H,8,10H2,1-4H3. The summed E-state index contributed by atoms with van der Waals surface area (Å²) in [6, 6.07) is 7.62. The van der Waals surface area contributed by atoms with Crippen LogP contribution in [0.1, 0.15) is 11.1 Å². The van der Waals surface area contributed by atoms with E-state index >= 15 is 0 Å². The van der Waals surface area contributed by atoms with Gasteiger partial charge in [-0.3, -0.25) is 0 Å². The third kappa shape index (κ3) is 2.22.